The molecule has 0 saturated carbocycles. The molecule has 0 saturated heterocycles. The van der Waals surface area contributed by atoms with Crippen LogP contribution in [0.25, 0.3) is 0 Å². The summed E-state index contributed by atoms with van der Waals surface area (Å²) in [6, 6.07) is 5.25. The number of ether oxygens (including phenoxy) is 2. The number of hydrogen-bond donors (Lipinski definition) is 2. The number of hydrogen-bond acceptors (Lipinski definition) is 4. The summed E-state index contributed by atoms with van der Waals surface area (Å²) in [5.41, 5.74) is -0.193. The molecule has 1 rings (SSSR count). The van der Waals surface area contributed by atoms with Crippen molar-refractivity contribution in [3.05, 3.63) is 23.8 Å². The maximum Gasteiger partial charge on any atom is 0.128 e. The molecule has 0 aliphatic heterocycles. The fraction of sp³-hybridized carbons (Fsp3) is 0.571. The average molecular weight is 254 g/mol. The first-order valence-corrected chi connectivity index (χ1v) is 6.11. The molecule has 4 nitrogen and oxygen atoms in total. The molecule has 18 heavy (non-hydrogen) atoms. The highest BCUT2D eigenvalue weighted by molar-refractivity contribution is 5.41. The van der Waals surface area contributed by atoms with Gasteiger partial charge in [-0.3, -0.25) is 0 Å². The number of aliphatic hydroxyl groups is 2. The summed E-state index contributed by atoms with van der Waals surface area (Å²) >= 11 is 0. The lowest BCUT2D eigenvalue weighted by Crippen LogP contribution is -2.31. The predicted octanol–water partition coefficient (Wildman–Crippen LogP) is 2.29. The van der Waals surface area contributed by atoms with Gasteiger partial charge in [0, 0.05) is 11.6 Å². The van der Waals surface area contributed by atoms with Crippen LogP contribution in [0.4, 0.5) is 0 Å². The van der Waals surface area contributed by atoms with E-state index in [4.69, 9.17) is 9.47 Å². The largest absolute Gasteiger partial charge is 0.497 e. The van der Waals surface area contributed by atoms with Crippen LogP contribution in [0.2, 0.25) is 0 Å². The summed E-state index contributed by atoms with van der Waals surface area (Å²) in [6.07, 6.45) is -0.0291. The van der Waals surface area contributed by atoms with Crippen LogP contribution in [0, 0.1) is 0 Å². The van der Waals surface area contributed by atoms with Crippen molar-refractivity contribution < 1.29 is 19.7 Å². The van der Waals surface area contributed by atoms with Gasteiger partial charge in [-0.1, -0.05) is 6.92 Å². The Labute approximate surface area is 108 Å². The minimum absolute atomic E-state index is 0.177. The van der Waals surface area contributed by atoms with E-state index in [1.807, 2.05) is 6.92 Å². The maximum atomic E-state index is 9.92. The lowest BCUT2D eigenvalue weighted by Gasteiger charge is -2.23. The Bertz CT molecular complexity index is 385. The SMILES string of the molecule is CCC(C)(O)COc1cc(OC)ccc1[C@H](C)O. The van der Waals surface area contributed by atoms with E-state index in [-0.39, 0.29) is 6.61 Å². The first-order chi connectivity index (χ1) is 8.39. The van der Waals surface area contributed by atoms with E-state index in [0.29, 0.717) is 23.5 Å². The van der Waals surface area contributed by atoms with Crippen molar-refractivity contribution in [3.63, 3.8) is 0 Å². The Morgan fingerprint density at radius 3 is 2.56 bits per heavy atom. The van der Waals surface area contributed by atoms with E-state index >= 15 is 0 Å². The summed E-state index contributed by atoms with van der Waals surface area (Å²) in [4.78, 5) is 0. The molecule has 0 spiro atoms. The van der Waals surface area contributed by atoms with Crippen LogP contribution in [0.15, 0.2) is 18.2 Å². The number of aliphatic hydroxyl groups excluding tert-OH is 1. The molecular weight excluding hydrogens is 232 g/mol. The topological polar surface area (TPSA) is 58.9 Å². The van der Waals surface area contributed by atoms with Gasteiger partial charge in [0.1, 0.15) is 18.1 Å². The summed E-state index contributed by atoms with van der Waals surface area (Å²) < 4.78 is 10.7. The van der Waals surface area contributed by atoms with Gasteiger partial charge in [-0.15, -0.1) is 0 Å². The fourth-order valence-electron chi connectivity index (χ4n) is 1.45. The number of rotatable bonds is 6. The molecule has 2 N–H and O–H groups in total. The second kappa shape index (κ2) is 6.07. The second-order valence-corrected chi connectivity index (χ2v) is 4.72. The third kappa shape index (κ3) is 3.89. The van der Waals surface area contributed by atoms with Crippen LogP contribution in [-0.2, 0) is 0 Å². The standard InChI is InChI=1S/C14H22O4/c1-5-14(3,16)9-18-13-8-11(17-4)6-7-12(13)10(2)15/h6-8,10,15-16H,5,9H2,1-4H3/t10-,14?/m0/s1. The van der Waals surface area contributed by atoms with Gasteiger partial charge in [0.15, 0.2) is 0 Å². The highest BCUT2D eigenvalue weighted by atomic mass is 16.5. The normalized spacial score (nSPS) is 15.9. The van der Waals surface area contributed by atoms with Crippen LogP contribution in [0.5, 0.6) is 11.5 Å². The predicted molar refractivity (Wildman–Crippen MR) is 70.0 cm³/mol. The number of benzene rings is 1. The van der Waals surface area contributed by atoms with Gasteiger partial charge in [-0.25, -0.2) is 0 Å². The highest BCUT2D eigenvalue weighted by Crippen LogP contribution is 2.30. The van der Waals surface area contributed by atoms with Gasteiger partial charge >= 0.3 is 0 Å². The minimum atomic E-state index is -0.876. The van der Waals surface area contributed by atoms with Gasteiger partial charge in [-0.05, 0) is 32.4 Å². The van der Waals surface area contributed by atoms with Crippen LogP contribution >= 0.6 is 0 Å². The summed E-state index contributed by atoms with van der Waals surface area (Å²) in [5.74, 6) is 1.20. The van der Waals surface area contributed by atoms with E-state index < -0.39 is 11.7 Å². The smallest absolute Gasteiger partial charge is 0.128 e. The average Bonchev–Trinajstić information content (AvgIpc) is 2.36. The molecule has 1 aromatic rings. The molecule has 4 heteroatoms. The van der Waals surface area contributed by atoms with E-state index in [9.17, 15) is 10.2 Å². The van der Waals surface area contributed by atoms with Crippen molar-refractivity contribution in [2.75, 3.05) is 13.7 Å². The summed E-state index contributed by atoms with van der Waals surface area (Å²) in [5, 5.41) is 19.6. The molecule has 0 amide bonds. The van der Waals surface area contributed by atoms with Crippen LogP contribution in [-0.4, -0.2) is 29.5 Å². The Kier molecular flexibility index (Phi) is 4.99. The van der Waals surface area contributed by atoms with E-state index in [1.165, 1.54) is 0 Å². The van der Waals surface area contributed by atoms with Gasteiger partial charge < -0.3 is 19.7 Å². The lowest BCUT2D eigenvalue weighted by molar-refractivity contribution is 0.00739. The van der Waals surface area contributed by atoms with Crippen molar-refractivity contribution in [1.82, 2.24) is 0 Å². The summed E-state index contributed by atoms with van der Waals surface area (Å²) in [7, 11) is 1.57. The molecule has 102 valence electrons. The minimum Gasteiger partial charge on any atom is -0.497 e. The van der Waals surface area contributed by atoms with Gasteiger partial charge in [0.05, 0.1) is 18.8 Å². The zero-order valence-corrected chi connectivity index (χ0v) is 11.4. The van der Waals surface area contributed by atoms with Crippen molar-refractivity contribution in [2.24, 2.45) is 0 Å². The van der Waals surface area contributed by atoms with Crippen molar-refractivity contribution >= 4 is 0 Å². The third-order valence-electron chi connectivity index (χ3n) is 2.97. The fourth-order valence-corrected chi connectivity index (χ4v) is 1.45. The Hall–Kier alpha value is -1.26. The maximum absolute atomic E-state index is 9.92. The molecular formula is C14H22O4. The number of methoxy groups -OCH3 is 1. The van der Waals surface area contributed by atoms with E-state index in [1.54, 1.807) is 39.2 Å². The quantitative estimate of drug-likeness (QED) is 0.817. The highest BCUT2D eigenvalue weighted by Gasteiger charge is 2.20. The summed E-state index contributed by atoms with van der Waals surface area (Å²) in [6.45, 7) is 5.46. The molecule has 0 aromatic heterocycles. The molecule has 0 fully saturated rings. The zero-order valence-electron chi connectivity index (χ0n) is 11.4. The Balaban J connectivity index is 2.91. The van der Waals surface area contributed by atoms with Gasteiger partial charge in [0.2, 0.25) is 0 Å². The van der Waals surface area contributed by atoms with Crippen LogP contribution < -0.4 is 9.47 Å². The molecule has 2 atom stereocenters. The van der Waals surface area contributed by atoms with E-state index in [0.717, 1.165) is 0 Å². The van der Waals surface area contributed by atoms with Crippen molar-refractivity contribution in [2.45, 2.75) is 38.9 Å². The van der Waals surface area contributed by atoms with Gasteiger partial charge in [0.25, 0.3) is 0 Å². The molecule has 1 aromatic carbocycles. The Morgan fingerprint density at radius 1 is 1.39 bits per heavy atom. The molecule has 1 unspecified atom stereocenters. The van der Waals surface area contributed by atoms with Crippen molar-refractivity contribution in [3.8, 4) is 11.5 Å². The molecule has 0 radical (unpaired) electrons. The van der Waals surface area contributed by atoms with Crippen LogP contribution in [0.3, 0.4) is 0 Å². The molecule has 0 aliphatic rings. The molecule has 0 aliphatic carbocycles. The second-order valence-electron chi connectivity index (χ2n) is 4.72. The van der Waals surface area contributed by atoms with Crippen LogP contribution in [0.1, 0.15) is 38.9 Å². The lowest BCUT2D eigenvalue weighted by atomic mass is 10.1. The zero-order chi connectivity index (χ0) is 13.8. The van der Waals surface area contributed by atoms with Crippen molar-refractivity contribution in [1.29, 1.82) is 0 Å². The molecule has 0 bridgehead atoms. The monoisotopic (exact) mass is 254 g/mol. The third-order valence-corrected chi connectivity index (χ3v) is 2.97. The first-order valence-electron chi connectivity index (χ1n) is 6.11. The first kappa shape index (κ1) is 14.8. The van der Waals surface area contributed by atoms with Gasteiger partial charge in [-0.2, -0.15) is 0 Å². The Morgan fingerprint density at radius 2 is 2.06 bits per heavy atom. The molecule has 0 heterocycles. The van der Waals surface area contributed by atoms with E-state index in [2.05, 4.69) is 0 Å².